The molecule has 124 valence electrons. The maximum absolute atomic E-state index is 9.23. The molecule has 2 aromatic rings. The molecule has 0 bridgehead atoms. The van der Waals surface area contributed by atoms with Gasteiger partial charge in [0.25, 0.3) is 0 Å². The van der Waals surface area contributed by atoms with Crippen molar-refractivity contribution in [1.29, 1.82) is 0 Å². The van der Waals surface area contributed by atoms with Crippen molar-refractivity contribution in [3.63, 3.8) is 0 Å². The molecule has 0 amide bonds. The number of likely N-dealkylation sites (N-methyl/N-ethyl adjacent to an activating group) is 1. The first-order chi connectivity index (χ1) is 11.2. The molecule has 4 nitrogen and oxygen atoms in total. The molecular weight excluding hydrogens is 290 g/mol. The molecule has 0 atom stereocenters. The van der Waals surface area contributed by atoms with Gasteiger partial charge in [0.2, 0.25) is 0 Å². The fourth-order valence-corrected chi connectivity index (χ4v) is 2.67. The highest BCUT2D eigenvalue weighted by molar-refractivity contribution is 5.71. The van der Waals surface area contributed by atoms with E-state index in [1.165, 1.54) is 0 Å². The van der Waals surface area contributed by atoms with Crippen LogP contribution in [-0.4, -0.2) is 43.9 Å². The summed E-state index contributed by atoms with van der Waals surface area (Å²) in [5.41, 5.74) is 3.42. The van der Waals surface area contributed by atoms with Crippen molar-refractivity contribution >= 4 is 0 Å². The molecule has 0 unspecified atom stereocenters. The number of aliphatic hydroxyl groups is 1. The van der Waals surface area contributed by atoms with Gasteiger partial charge < -0.3 is 14.6 Å². The smallest absolute Gasteiger partial charge is 0.161 e. The molecule has 4 heteroatoms. The minimum atomic E-state index is 0.155. The van der Waals surface area contributed by atoms with E-state index in [1.54, 1.807) is 14.2 Å². The fraction of sp³-hybridized carbons (Fsp3) is 0.368. The third kappa shape index (κ3) is 4.24. The van der Waals surface area contributed by atoms with Gasteiger partial charge >= 0.3 is 0 Å². The maximum atomic E-state index is 9.23. The van der Waals surface area contributed by atoms with Crippen molar-refractivity contribution in [3.8, 4) is 22.6 Å². The highest BCUT2D eigenvalue weighted by Gasteiger charge is 2.14. The zero-order chi connectivity index (χ0) is 16.7. The van der Waals surface area contributed by atoms with Crippen LogP contribution in [0, 0.1) is 0 Å². The van der Waals surface area contributed by atoms with Crippen LogP contribution >= 0.6 is 0 Å². The van der Waals surface area contributed by atoms with Crippen molar-refractivity contribution in [1.82, 2.24) is 4.90 Å². The second kappa shape index (κ2) is 8.56. The van der Waals surface area contributed by atoms with E-state index >= 15 is 0 Å². The van der Waals surface area contributed by atoms with Crippen molar-refractivity contribution in [3.05, 3.63) is 48.0 Å². The molecule has 0 aliphatic carbocycles. The summed E-state index contributed by atoms with van der Waals surface area (Å²) in [4.78, 5) is 2.20. The zero-order valence-corrected chi connectivity index (χ0v) is 14.1. The number of ether oxygens (including phenoxy) is 2. The molecule has 23 heavy (non-hydrogen) atoms. The monoisotopic (exact) mass is 315 g/mol. The Bertz CT molecular complexity index is 614. The predicted octanol–water partition coefficient (Wildman–Crippen LogP) is 3.19. The molecule has 0 radical (unpaired) electrons. The Labute approximate surface area is 138 Å². The van der Waals surface area contributed by atoms with Crippen LogP contribution < -0.4 is 9.47 Å². The Kier molecular flexibility index (Phi) is 6.44. The molecule has 0 aliphatic rings. The molecular formula is C19H25NO3. The van der Waals surface area contributed by atoms with Gasteiger partial charge in [-0.15, -0.1) is 0 Å². The summed E-state index contributed by atoms with van der Waals surface area (Å²) in [5.74, 6) is 1.45. The SMILES string of the molecule is CCN(CCO)Cc1cc(OC)c(OC)cc1-c1ccccc1. The first kappa shape index (κ1) is 17.3. The molecule has 2 aromatic carbocycles. The van der Waals surface area contributed by atoms with Gasteiger partial charge in [0.1, 0.15) is 0 Å². The third-order valence-corrected chi connectivity index (χ3v) is 3.95. The van der Waals surface area contributed by atoms with E-state index in [2.05, 4.69) is 24.0 Å². The van der Waals surface area contributed by atoms with Gasteiger partial charge in [-0.25, -0.2) is 0 Å². The van der Waals surface area contributed by atoms with Crippen molar-refractivity contribution in [2.75, 3.05) is 33.9 Å². The van der Waals surface area contributed by atoms with Crippen molar-refractivity contribution in [2.24, 2.45) is 0 Å². The molecule has 2 rings (SSSR count). The summed E-state index contributed by atoms with van der Waals surface area (Å²) in [7, 11) is 3.30. The van der Waals surface area contributed by atoms with Crippen molar-refractivity contribution < 1.29 is 14.6 Å². The lowest BCUT2D eigenvalue weighted by Crippen LogP contribution is -2.26. The normalized spacial score (nSPS) is 10.8. The van der Waals surface area contributed by atoms with Crippen LogP contribution in [0.1, 0.15) is 12.5 Å². The van der Waals surface area contributed by atoms with Crippen LogP contribution in [0.5, 0.6) is 11.5 Å². The van der Waals surface area contributed by atoms with Crippen molar-refractivity contribution in [2.45, 2.75) is 13.5 Å². The summed E-state index contributed by atoms with van der Waals surface area (Å²) >= 11 is 0. The Morgan fingerprint density at radius 1 is 1.00 bits per heavy atom. The van der Waals surface area contributed by atoms with Gasteiger partial charge in [-0.1, -0.05) is 37.3 Å². The Balaban J connectivity index is 2.48. The van der Waals surface area contributed by atoms with Gasteiger partial charge in [0, 0.05) is 13.1 Å². The first-order valence-corrected chi connectivity index (χ1v) is 7.87. The van der Waals surface area contributed by atoms with Gasteiger partial charge in [-0.3, -0.25) is 4.90 Å². The van der Waals surface area contributed by atoms with E-state index in [0.29, 0.717) is 6.54 Å². The lowest BCUT2D eigenvalue weighted by Gasteiger charge is -2.22. The van der Waals surface area contributed by atoms with E-state index in [0.717, 1.165) is 41.3 Å². The Hall–Kier alpha value is -2.04. The average molecular weight is 315 g/mol. The first-order valence-electron chi connectivity index (χ1n) is 7.87. The second-order valence-electron chi connectivity index (χ2n) is 5.32. The minimum Gasteiger partial charge on any atom is -0.493 e. The largest absolute Gasteiger partial charge is 0.493 e. The maximum Gasteiger partial charge on any atom is 0.161 e. The van der Waals surface area contributed by atoms with Crippen LogP contribution in [0.3, 0.4) is 0 Å². The summed E-state index contributed by atoms with van der Waals surface area (Å²) in [6.45, 7) is 4.53. The minimum absolute atomic E-state index is 0.155. The van der Waals surface area contributed by atoms with Crippen LogP contribution in [0.2, 0.25) is 0 Å². The van der Waals surface area contributed by atoms with Crippen LogP contribution in [0.15, 0.2) is 42.5 Å². The van der Waals surface area contributed by atoms with E-state index < -0.39 is 0 Å². The lowest BCUT2D eigenvalue weighted by atomic mass is 9.98. The number of hydrogen-bond acceptors (Lipinski definition) is 4. The molecule has 0 saturated heterocycles. The van der Waals surface area contributed by atoms with Crippen LogP contribution in [-0.2, 0) is 6.54 Å². The molecule has 0 heterocycles. The second-order valence-corrected chi connectivity index (χ2v) is 5.32. The molecule has 0 aliphatic heterocycles. The molecule has 0 spiro atoms. The molecule has 1 N–H and O–H groups in total. The standard InChI is InChI=1S/C19H25NO3/c1-4-20(10-11-21)14-16-12-18(22-2)19(23-3)13-17(16)15-8-6-5-7-9-15/h5-9,12-13,21H,4,10-11,14H2,1-3H3. The van der Waals surface area contributed by atoms with E-state index in [9.17, 15) is 5.11 Å². The summed E-state index contributed by atoms with van der Waals surface area (Å²) in [5, 5.41) is 9.23. The number of rotatable bonds is 8. The quantitative estimate of drug-likeness (QED) is 0.812. The highest BCUT2D eigenvalue weighted by atomic mass is 16.5. The highest BCUT2D eigenvalue weighted by Crippen LogP contribution is 2.36. The summed E-state index contributed by atoms with van der Waals surface area (Å²) < 4.78 is 10.9. The van der Waals surface area contributed by atoms with Crippen LogP contribution in [0.4, 0.5) is 0 Å². The number of nitrogens with zero attached hydrogens (tertiary/aromatic N) is 1. The van der Waals surface area contributed by atoms with E-state index in [1.807, 2.05) is 30.3 Å². The molecule has 0 saturated carbocycles. The van der Waals surface area contributed by atoms with E-state index in [4.69, 9.17) is 9.47 Å². The van der Waals surface area contributed by atoms with Crippen LogP contribution in [0.25, 0.3) is 11.1 Å². The van der Waals surface area contributed by atoms with Gasteiger partial charge in [-0.2, -0.15) is 0 Å². The third-order valence-electron chi connectivity index (χ3n) is 3.95. The number of methoxy groups -OCH3 is 2. The summed E-state index contributed by atoms with van der Waals surface area (Å²) in [6, 6.07) is 14.3. The predicted molar refractivity (Wildman–Crippen MR) is 93.0 cm³/mol. The topological polar surface area (TPSA) is 41.9 Å². The van der Waals surface area contributed by atoms with Gasteiger partial charge in [0.05, 0.1) is 20.8 Å². The number of aliphatic hydroxyl groups excluding tert-OH is 1. The van der Waals surface area contributed by atoms with E-state index in [-0.39, 0.29) is 6.61 Å². The molecule has 0 aromatic heterocycles. The summed E-state index contributed by atoms with van der Waals surface area (Å²) in [6.07, 6.45) is 0. The Morgan fingerprint density at radius 2 is 1.65 bits per heavy atom. The van der Waals surface area contributed by atoms with Gasteiger partial charge in [0.15, 0.2) is 11.5 Å². The number of benzene rings is 2. The van der Waals surface area contributed by atoms with Gasteiger partial charge in [-0.05, 0) is 35.4 Å². The number of hydrogen-bond donors (Lipinski definition) is 1. The fourth-order valence-electron chi connectivity index (χ4n) is 2.67. The zero-order valence-electron chi connectivity index (χ0n) is 14.1. The lowest BCUT2D eigenvalue weighted by molar-refractivity contribution is 0.197. The molecule has 0 fully saturated rings. The average Bonchev–Trinajstić information content (AvgIpc) is 2.61. The Morgan fingerprint density at radius 3 is 2.22 bits per heavy atom.